The van der Waals surface area contributed by atoms with E-state index < -0.39 is 5.97 Å². The lowest BCUT2D eigenvalue weighted by Gasteiger charge is -2.11. The molecule has 0 aliphatic carbocycles. The standard InChI is InChI=1S/C17H18O2/c1-12-5-3-4-6-15(12)16-11-14(8-7-13(16)2)9-10-17(18)19/h3-8,11H,9-10H2,1-2H3,(H,18,19). The van der Waals surface area contributed by atoms with Gasteiger partial charge in [0.05, 0.1) is 0 Å². The van der Waals surface area contributed by atoms with Gasteiger partial charge in [-0.1, -0.05) is 42.5 Å². The summed E-state index contributed by atoms with van der Waals surface area (Å²) in [5, 5.41) is 8.76. The summed E-state index contributed by atoms with van der Waals surface area (Å²) in [6.45, 7) is 4.18. The Morgan fingerprint density at radius 3 is 2.37 bits per heavy atom. The number of rotatable bonds is 4. The molecule has 0 saturated heterocycles. The number of hydrogen-bond acceptors (Lipinski definition) is 1. The summed E-state index contributed by atoms with van der Waals surface area (Å²) < 4.78 is 0. The van der Waals surface area contributed by atoms with Crippen LogP contribution in [0.1, 0.15) is 23.1 Å². The smallest absolute Gasteiger partial charge is 0.303 e. The fourth-order valence-electron chi connectivity index (χ4n) is 2.24. The van der Waals surface area contributed by atoms with Crippen LogP contribution in [0.15, 0.2) is 42.5 Å². The quantitative estimate of drug-likeness (QED) is 0.895. The summed E-state index contributed by atoms with van der Waals surface area (Å²) in [5.74, 6) is -0.752. The highest BCUT2D eigenvalue weighted by Crippen LogP contribution is 2.27. The molecule has 2 rings (SSSR count). The van der Waals surface area contributed by atoms with Crippen LogP contribution >= 0.6 is 0 Å². The van der Waals surface area contributed by atoms with Crippen LogP contribution in [0, 0.1) is 13.8 Å². The first-order valence-corrected chi connectivity index (χ1v) is 6.45. The Labute approximate surface area is 113 Å². The zero-order valence-electron chi connectivity index (χ0n) is 11.3. The monoisotopic (exact) mass is 254 g/mol. The number of aryl methyl sites for hydroxylation is 3. The van der Waals surface area contributed by atoms with E-state index in [1.165, 1.54) is 22.3 Å². The van der Waals surface area contributed by atoms with Gasteiger partial charge in [-0.3, -0.25) is 4.79 Å². The number of carboxylic acid groups (broad SMARTS) is 1. The Kier molecular flexibility index (Phi) is 4.00. The molecular weight excluding hydrogens is 236 g/mol. The summed E-state index contributed by atoms with van der Waals surface area (Å²) in [6, 6.07) is 14.5. The van der Waals surface area contributed by atoms with Crippen molar-refractivity contribution in [2.24, 2.45) is 0 Å². The molecule has 19 heavy (non-hydrogen) atoms. The number of aliphatic carboxylic acids is 1. The Morgan fingerprint density at radius 1 is 1.00 bits per heavy atom. The maximum Gasteiger partial charge on any atom is 0.303 e. The first kappa shape index (κ1) is 13.3. The van der Waals surface area contributed by atoms with E-state index in [1.807, 2.05) is 18.2 Å². The lowest BCUT2D eigenvalue weighted by atomic mass is 9.94. The SMILES string of the molecule is Cc1ccccc1-c1cc(CCC(=O)O)ccc1C. The van der Waals surface area contributed by atoms with Crippen LogP contribution in [0.3, 0.4) is 0 Å². The third kappa shape index (κ3) is 3.22. The molecule has 0 aliphatic rings. The van der Waals surface area contributed by atoms with E-state index in [4.69, 9.17) is 5.11 Å². The van der Waals surface area contributed by atoms with Gasteiger partial charge in [0.25, 0.3) is 0 Å². The summed E-state index contributed by atoms with van der Waals surface area (Å²) in [5.41, 5.74) is 5.94. The van der Waals surface area contributed by atoms with Gasteiger partial charge >= 0.3 is 5.97 Å². The van der Waals surface area contributed by atoms with Gasteiger partial charge < -0.3 is 5.11 Å². The fourth-order valence-corrected chi connectivity index (χ4v) is 2.24. The van der Waals surface area contributed by atoms with E-state index in [1.54, 1.807) is 0 Å². The molecule has 0 fully saturated rings. The minimum absolute atomic E-state index is 0.177. The highest BCUT2D eigenvalue weighted by atomic mass is 16.4. The van der Waals surface area contributed by atoms with Crippen molar-refractivity contribution in [2.45, 2.75) is 26.7 Å². The molecule has 98 valence electrons. The molecule has 0 aliphatic heterocycles. The number of carboxylic acids is 1. The molecule has 0 atom stereocenters. The van der Waals surface area contributed by atoms with Crippen molar-refractivity contribution in [3.63, 3.8) is 0 Å². The molecule has 2 nitrogen and oxygen atoms in total. The Hall–Kier alpha value is -2.09. The first-order valence-electron chi connectivity index (χ1n) is 6.45. The fraction of sp³-hybridized carbons (Fsp3) is 0.235. The van der Waals surface area contributed by atoms with E-state index in [0.717, 1.165) is 5.56 Å². The Morgan fingerprint density at radius 2 is 1.68 bits per heavy atom. The Bertz CT molecular complexity index is 600. The zero-order valence-corrected chi connectivity index (χ0v) is 11.3. The maximum absolute atomic E-state index is 10.6. The number of carbonyl (C=O) groups is 1. The summed E-state index contributed by atoms with van der Waals surface area (Å²) in [7, 11) is 0. The molecule has 1 N–H and O–H groups in total. The van der Waals surface area contributed by atoms with Crippen molar-refractivity contribution in [3.05, 3.63) is 59.2 Å². The second-order valence-electron chi connectivity index (χ2n) is 4.86. The average Bonchev–Trinajstić information content (AvgIpc) is 2.38. The van der Waals surface area contributed by atoms with Crippen molar-refractivity contribution in [3.8, 4) is 11.1 Å². The predicted molar refractivity (Wildman–Crippen MR) is 77.3 cm³/mol. The van der Waals surface area contributed by atoms with Crippen LogP contribution in [0.2, 0.25) is 0 Å². The second-order valence-corrected chi connectivity index (χ2v) is 4.86. The van der Waals surface area contributed by atoms with Crippen LogP contribution in [0.25, 0.3) is 11.1 Å². The molecule has 0 saturated carbocycles. The third-order valence-electron chi connectivity index (χ3n) is 3.36. The predicted octanol–water partition coefficient (Wildman–Crippen LogP) is 3.99. The zero-order chi connectivity index (χ0) is 13.8. The molecule has 0 bridgehead atoms. The van der Waals surface area contributed by atoms with E-state index >= 15 is 0 Å². The van der Waals surface area contributed by atoms with Crippen molar-refractivity contribution in [1.82, 2.24) is 0 Å². The van der Waals surface area contributed by atoms with Gasteiger partial charge in [0.15, 0.2) is 0 Å². The molecule has 2 aromatic carbocycles. The maximum atomic E-state index is 10.6. The summed E-state index contributed by atoms with van der Waals surface area (Å²) in [6.07, 6.45) is 0.755. The molecule has 2 heteroatoms. The van der Waals surface area contributed by atoms with E-state index in [0.29, 0.717) is 6.42 Å². The highest BCUT2D eigenvalue weighted by molar-refractivity contribution is 5.71. The molecule has 0 amide bonds. The minimum atomic E-state index is -0.752. The molecule has 2 aromatic rings. The Balaban J connectivity index is 2.37. The van der Waals surface area contributed by atoms with Crippen molar-refractivity contribution in [1.29, 1.82) is 0 Å². The van der Waals surface area contributed by atoms with Gasteiger partial charge in [-0.2, -0.15) is 0 Å². The highest BCUT2D eigenvalue weighted by Gasteiger charge is 2.07. The topological polar surface area (TPSA) is 37.3 Å². The van der Waals surface area contributed by atoms with E-state index in [-0.39, 0.29) is 6.42 Å². The van der Waals surface area contributed by atoms with Crippen LogP contribution in [0.5, 0.6) is 0 Å². The van der Waals surface area contributed by atoms with Crippen molar-refractivity contribution in [2.75, 3.05) is 0 Å². The van der Waals surface area contributed by atoms with Crippen molar-refractivity contribution < 1.29 is 9.90 Å². The first-order chi connectivity index (χ1) is 9.08. The van der Waals surface area contributed by atoms with Gasteiger partial charge in [0, 0.05) is 6.42 Å². The molecule has 0 spiro atoms. The molecule has 0 aromatic heterocycles. The summed E-state index contributed by atoms with van der Waals surface area (Å²) >= 11 is 0. The van der Waals surface area contributed by atoms with Crippen LogP contribution < -0.4 is 0 Å². The minimum Gasteiger partial charge on any atom is -0.481 e. The number of benzene rings is 2. The second kappa shape index (κ2) is 5.70. The average molecular weight is 254 g/mol. The van der Waals surface area contributed by atoms with Crippen LogP contribution in [0.4, 0.5) is 0 Å². The molecule has 0 unspecified atom stereocenters. The van der Waals surface area contributed by atoms with E-state index in [9.17, 15) is 4.79 Å². The summed E-state index contributed by atoms with van der Waals surface area (Å²) in [4.78, 5) is 10.6. The van der Waals surface area contributed by atoms with Crippen LogP contribution in [-0.2, 0) is 11.2 Å². The van der Waals surface area contributed by atoms with Gasteiger partial charge in [0.1, 0.15) is 0 Å². The van der Waals surface area contributed by atoms with Crippen molar-refractivity contribution >= 4 is 5.97 Å². The number of hydrogen-bond donors (Lipinski definition) is 1. The van der Waals surface area contributed by atoms with Crippen LogP contribution in [-0.4, -0.2) is 11.1 Å². The molecule has 0 radical (unpaired) electrons. The molecule has 0 heterocycles. The van der Waals surface area contributed by atoms with E-state index in [2.05, 4.69) is 38.1 Å². The van der Waals surface area contributed by atoms with Gasteiger partial charge in [0.2, 0.25) is 0 Å². The lowest BCUT2D eigenvalue weighted by Crippen LogP contribution is -1.98. The molecular formula is C17H18O2. The van der Waals surface area contributed by atoms with Gasteiger partial charge in [-0.15, -0.1) is 0 Å². The lowest BCUT2D eigenvalue weighted by molar-refractivity contribution is -0.136. The largest absolute Gasteiger partial charge is 0.481 e. The third-order valence-corrected chi connectivity index (χ3v) is 3.36. The normalized spacial score (nSPS) is 10.4. The van der Waals surface area contributed by atoms with Gasteiger partial charge in [-0.25, -0.2) is 0 Å². The van der Waals surface area contributed by atoms with Gasteiger partial charge in [-0.05, 0) is 48.1 Å².